The predicted octanol–water partition coefficient (Wildman–Crippen LogP) is 2.56. The maximum atomic E-state index is 12.3. The molecule has 1 aromatic heterocycles. The molecule has 2 N–H and O–H groups in total. The first-order chi connectivity index (χ1) is 9.74. The Balaban J connectivity index is 2.16. The molecule has 20 heavy (non-hydrogen) atoms. The molecule has 0 saturated heterocycles. The Morgan fingerprint density at radius 3 is 2.60 bits per heavy atom. The van der Waals surface area contributed by atoms with Gasteiger partial charge in [0.15, 0.2) is 5.78 Å². The molecule has 0 spiro atoms. The number of nitrogens with zero attached hydrogens (tertiary/aromatic N) is 1. The molecular weight excluding hydrogens is 252 g/mol. The lowest BCUT2D eigenvalue weighted by Gasteiger charge is -2.06. The lowest BCUT2D eigenvalue weighted by atomic mass is 10.0. The van der Waals surface area contributed by atoms with Crippen LogP contribution in [0.4, 0.5) is 0 Å². The third-order valence-electron chi connectivity index (χ3n) is 2.88. The van der Waals surface area contributed by atoms with E-state index in [0.29, 0.717) is 30.0 Å². The van der Waals surface area contributed by atoms with Crippen LogP contribution in [0.25, 0.3) is 0 Å². The number of pyridine rings is 1. The van der Waals surface area contributed by atoms with Crippen molar-refractivity contribution in [2.45, 2.75) is 19.9 Å². The van der Waals surface area contributed by atoms with Gasteiger partial charge in [0.2, 0.25) is 0 Å². The lowest BCUT2D eigenvalue weighted by molar-refractivity contribution is 0.103. The SMILES string of the molecule is CCCOc1ccc(C(=O)c2ccnc(CN)c2)cc1. The molecule has 0 fully saturated rings. The fourth-order valence-electron chi connectivity index (χ4n) is 1.82. The summed E-state index contributed by atoms with van der Waals surface area (Å²) in [5, 5.41) is 0. The van der Waals surface area contributed by atoms with Crippen LogP contribution in [0.3, 0.4) is 0 Å². The van der Waals surface area contributed by atoms with Crippen molar-refractivity contribution < 1.29 is 9.53 Å². The third-order valence-corrected chi connectivity index (χ3v) is 2.88. The van der Waals surface area contributed by atoms with Gasteiger partial charge in [-0.05, 0) is 42.8 Å². The fraction of sp³-hybridized carbons (Fsp3) is 0.250. The van der Waals surface area contributed by atoms with Gasteiger partial charge in [-0.25, -0.2) is 0 Å². The summed E-state index contributed by atoms with van der Waals surface area (Å²) in [6.45, 7) is 3.05. The van der Waals surface area contributed by atoms with Crippen LogP contribution >= 0.6 is 0 Å². The zero-order chi connectivity index (χ0) is 14.4. The van der Waals surface area contributed by atoms with Gasteiger partial charge >= 0.3 is 0 Å². The Morgan fingerprint density at radius 1 is 1.20 bits per heavy atom. The van der Waals surface area contributed by atoms with Gasteiger partial charge in [0.1, 0.15) is 5.75 Å². The molecule has 0 bridgehead atoms. The van der Waals surface area contributed by atoms with Crippen molar-refractivity contribution in [2.75, 3.05) is 6.61 Å². The Bertz CT molecular complexity index is 579. The van der Waals surface area contributed by atoms with Crippen molar-refractivity contribution in [3.8, 4) is 5.75 Å². The minimum atomic E-state index is -0.0378. The van der Waals surface area contributed by atoms with Gasteiger partial charge < -0.3 is 10.5 Å². The molecule has 1 heterocycles. The van der Waals surface area contributed by atoms with Crippen LogP contribution in [0.1, 0.15) is 35.0 Å². The molecular formula is C16H18N2O2. The van der Waals surface area contributed by atoms with Crippen LogP contribution in [0, 0.1) is 0 Å². The summed E-state index contributed by atoms with van der Waals surface area (Å²) in [6, 6.07) is 10.6. The van der Waals surface area contributed by atoms with Crippen molar-refractivity contribution in [3.63, 3.8) is 0 Å². The molecule has 0 aliphatic heterocycles. The van der Waals surface area contributed by atoms with E-state index in [1.165, 1.54) is 0 Å². The van der Waals surface area contributed by atoms with Crippen molar-refractivity contribution in [1.29, 1.82) is 0 Å². The summed E-state index contributed by atoms with van der Waals surface area (Å²) in [5.41, 5.74) is 7.47. The first-order valence-electron chi connectivity index (χ1n) is 6.67. The number of hydrogen-bond acceptors (Lipinski definition) is 4. The Morgan fingerprint density at radius 2 is 1.95 bits per heavy atom. The zero-order valence-electron chi connectivity index (χ0n) is 11.5. The van der Waals surface area contributed by atoms with E-state index < -0.39 is 0 Å². The molecule has 0 unspecified atom stereocenters. The lowest BCUT2D eigenvalue weighted by Crippen LogP contribution is -2.05. The molecule has 0 amide bonds. The molecule has 4 nitrogen and oxygen atoms in total. The standard InChI is InChI=1S/C16H18N2O2/c1-2-9-20-15-5-3-12(4-6-15)16(19)13-7-8-18-14(10-13)11-17/h3-8,10H,2,9,11,17H2,1H3. The van der Waals surface area contributed by atoms with Crippen LogP contribution in [0.15, 0.2) is 42.6 Å². The molecule has 0 radical (unpaired) electrons. The van der Waals surface area contributed by atoms with Crippen LogP contribution in [-0.4, -0.2) is 17.4 Å². The minimum Gasteiger partial charge on any atom is -0.494 e. The van der Waals surface area contributed by atoms with E-state index >= 15 is 0 Å². The molecule has 0 atom stereocenters. The molecule has 4 heteroatoms. The second kappa shape index (κ2) is 6.82. The maximum absolute atomic E-state index is 12.3. The van der Waals surface area contributed by atoms with E-state index in [2.05, 4.69) is 11.9 Å². The van der Waals surface area contributed by atoms with Gasteiger partial charge in [-0.1, -0.05) is 6.92 Å². The molecule has 2 rings (SSSR count). The first-order valence-corrected chi connectivity index (χ1v) is 6.67. The van der Waals surface area contributed by atoms with Gasteiger partial charge in [-0.15, -0.1) is 0 Å². The number of nitrogens with two attached hydrogens (primary N) is 1. The molecule has 0 saturated carbocycles. The molecule has 0 aliphatic carbocycles. The number of ether oxygens (including phenoxy) is 1. The number of hydrogen-bond donors (Lipinski definition) is 1. The predicted molar refractivity (Wildman–Crippen MR) is 77.8 cm³/mol. The van der Waals surface area contributed by atoms with Crippen LogP contribution in [-0.2, 0) is 6.54 Å². The molecule has 104 valence electrons. The van der Waals surface area contributed by atoms with Crippen molar-refractivity contribution in [1.82, 2.24) is 4.98 Å². The molecule has 2 aromatic rings. The highest BCUT2D eigenvalue weighted by Crippen LogP contribution is 2.16. The van der Waals surface area contributed by atoms with Gasteiger partial charge in [0.25, 0.3) is 0 Å². The van der Waals surface area contributed by atoms with E-state index in [-0.39, 0.29) is 5.78 Å². The van der Waals surface area contributed by atoms with Crippen LogP contribution in [0.5, 0.6) is 5.75 Å². The minimum absolute atomic E-state index is 0.0378. The van der Waals surface area contributed by atoms with E-state index in [1.54, 1.807) is 30.5 Å². The highest BCUT2D eigenvalue weighted by molar-refractivity contribution is 6.09. The first kappa shape index (κ1) is 14.2. The Hall–Kier alpha value is -2.20. The number of carbonyl (C=O) groups is 1. The largest absolute Gasteiger partial charge is 0.494 e. The summed E-state index contributed by atoms with van der Waals surface area (Å²) in [7, 11) is 0. The average molecular weight is 270 g/mol. The van der Waals surface area contributed by atoms with Crippen molar-refractivity contribution in [2.24, 2.45) is 5.73 Å². The summed E-state index contributed by atoms with van der Waals surface area (Å²) in [5.74, 6) is 0.741. The summed E-state index contributed by atoms with van der Waals surface area (Å²) < 4.78 is 5.49. The third kappa shape index (κ3) is 3.42. The highest BCUT2D eigenvalue weighted by atomic mass is 16.5. The maximum Gasteiger partial charge on any atom is 0.193 e. The quantitative estimate of drug-likeness (QED) is 0.819. The van der Waals surface area contributed by atoms with Crippen molar-refractivity contribution in [3.05, 3.63) is 59.4 Å². The van der Waals surface area contributed by atoms with E-state index in [9.17, 15) is 4.79 Å². The fourth-order valence-corrected chi connectivity index (χ4v) is 1.82. The van der Waals surface area contributed by atoms with Crippen molar-refractivity contribution >= 4 is 5.78 Å². The summed E-state index contributed by atoms with van der Waals surface area (Å²) in [6.07, 6.45) is 2.56. The van der Waals surface area contributed by atoms with Gasteiger partial charge in [0, 0.05) is 23.9 Å². The summed E-state index contributed by atoms with van der Waals surface area (Å²) >= 11 is 0. The average Bonchev–Trinajstić information content (AvgIpc) is 2.52. The number of rotatable bonds is 6. The monoisotopic (exact) mass is 270 g/mol. The van der Waals surface area contributed by atoms with Gasteiger partial charge in [-0.3, -0.25) is 9.78 Å². The molecule has 1 aromatic carbocycles. The second-order valence-corrected chi connectivity index (χ2v) is 4.44. The van der Waals surface area contributed by atoms with Crippen LogP contribution in [0.2, 0.25) is 0 Å². The number of ketones is 1. The second-order valence-electron chi connectivity index (χ2n) is 4.44. The Kier molecular flexibility index (Phi) is 4.85. The number of aromatic nitrogens is 1. The smallest absolute Gasteiger partial charge is 0.193 e. The highest BCUT2D eigenvalue weighted by Gasteiger charge is 2.09. The topological polar surface area (TPSA) is 65.2 Å². The summed E-state index contributed by atoms with van der Waals surface area (Å²) in [4.78, 5) is 16.4. The zero-order valence-corrected chi connectivity index (χ0v) is 11.5. The van der Waals surface area contributed by atoms with E-state index in [0.717, 1.165) is 12.2 Å². The Labute approximate surface area is 118 Å². The van der Waals surface area contributed by atoms with Gasteiger partial charge in [-0.2, -0.15) is 0 Å². The number of carbonyl (C=O) groups excluding carboxylic acids is 1. The van der Waals surface area contributed by atoms with E-state index in [1.807, 2.05) is 12.1 Å². The normalized spacial score (nSPS) is 10.3. The van der Waals surface area contributed by atoms with E-state index in [4.69, 9.17) is 10.5 Å². The number of benzene rings is 1. The van der Waals surface area contributed by atoms with Gasteiger partial charge in [0.05, 0.1) is 12.3 Å². The molecule has 0 aliphatic rings. The van der Waals surface area contributed by atoms with Crippen LogP contribution < -0.4 is 10.5 Å².